The second-order valence-electron chi connectivity index (χ2n) is 5.39. The van der Waals surface area contributed by atoms with Crippen LogP contribution in [0.3, 0.4) is 0 Å². The molecule has 0 bridgehead atoms. The van der Waals surface area contributed by atoms with Crippen molar-refractivity contribution in [2.24, 2.45) is 0 Å². The van der Waals surface area contributed by atoms with Crippen LogP contribution in [0, 0.1) is 11.3 Å². The zero-order valence-electron chi connectivity index (χ0n) is 12.9. The van der Waals surface area contributed by atoms with Crippen LogP contribution in [0.15, 0.2) is 18.2 Å². The van der Waals surface area contributed by atoms with Crippen molar-refractivity contribution >= 4 is 5.69 Å². The average Bonchev–Trinajstić information content (AvgIpc) is 2.54. The number of hydrogen-bond acceptors (Lipinski definition) is 4. The average molecular weight is 328 g/mol. The number of alkyl halides is 3. The van der Waals surface area contributed by atoms with Gasteiger partial charge in [-0.1, -0.05) is 0 Å². The molecule has 23 heavy (non-hydrogen) atoms. The quantitative estimate of drug-likeness (QED) is 0.779. The van der Waals surface area contributed by atoms with Gasteiger partial charge in [0.25, 0.3) is 0 Å². The number of methoxy groups -OCH3 is 1. The van der Waals surface area contributed by atoms with E-state index in [1.54, 1.807) is 12.0 Å². The Morgan fingerprint density at radius 1 is 1.26 bits per heavy atom. The minimum atomic E-state index is -4.44. The van der Waals surface area contributed by atoms with Gasteiger partial charge >= 0.3 is 6.18 Å². The molecule has 1 saturated heterocycles. The molecular formula is C16H19F3N2O2. The largest absolute Gasteiger partial charge is 0.418 e. The first-order chi connectivity index (χ1) is 11.0. The summed E-state index contributed by atoms with van der Waals surface area (Å²) in [5.41, 5.74) is -0.395. The van der Waals surface area contributed by atoms with E-state index in [0.29, 0.717) is 39.1 Å². The van der Waals surface area contributed by atoms with Gasteiger partial charge in [0, 0.05) is 20.2 Å². The maximum Gasteiger partial charge on any atom is 0.418 e. The molecule has 1 heterocycles. The third-order valence-corrected chi connectivity index (χ3v) is 3.86. The van der Waals surface area contributed by atoms with Gasteiger partial charge in [-0.05, 0) is 31.0 Å². The lowest BCUT2D eigenvalue weighted by Crippen LogP contribution is -2.38. The molecule has 0 saturated carbocycles. The summed E-state index contributed by atoms with van der Waals surface area (Å²) >= 11 is 0. The van der Waals surface area contributed by atoms with Gasteiger partial charge in [-0.15, -0.1) is 0 Å². The lowest BCUT2D eigenvalue weighted by atomic mass is 10.0. The van der Waals surface area contributed by atoms with Crippen molar-refractivity contribution in [3.05, 3.63) is 29.3 Å². The number of benzene rings is 1. The van der Waals surface area contributed by atoms with E-state index < -0.39 is 11.7 Å². The highest BCUT2D eigenvalue weighted by Crippen LogP contribution is 2.38. The summed E-state index contributed by atoms with van der Waals surface area (Å²) < 4.78 is 50.1. The number of ether oxygens (including phenoxy) is 2. The Balaban J connectivity index is 2.09. The Morgan fingerprint density at radius 2 is 1.96 bits per heavy atom. The van der Waals surface area contributed by atoms with E-state index in [0.717, 1.165) is 6.07 Å². The van der Waals surface area contributed by atoms with Crippen molar-refractivity contribution in [3.63, 3.8) is 0 Å². The number of rotatable bonds is 5. The maximum absolute atomic E-state index is 13.2. The van der Waals surface area contributed by atoms with Crippen LogP contribution in [0.1, 0.15) is 24.0 Å². The minimum Gasteiger partial charge on any atom is -0.382 e. The zero-order valence-corrected chi connectivity index (χ0v) is 12.9. The summed E-state index contributed by atoms with van der Waals surface area (Å²) in [6.45, 7) is 1.92. The Morgan fingerprint density at radius 3 is 2.52 bits per heavy atom. The summed E-state index contributed by atoms with van der Waals surface area (Å²) in [6, 6.07) is 5.39. The monoisotopic (exact) mass is 328 g/mol. The number of halogens is 3. The van der Waals surface area contributed by atoms with Gasteiger partial charge < -0.3 is 14.4 Å². The van der Waals surface area contributed by atoms with Gasteiger partial charge in [0.2, 0.25) is 0 Å². The number of piperidine rings is 1. The van der Waals surface area contributed by atoms with Crippen molar-refractivity contribution in [2.75, 3.05) is 38.3 Å². The van der Waals surface area contributed by atoms with Crippen molar-refractivity contribution in [2.45, 2.75) is 25.1 Å². The first-order valence-electron chi connectivity index (χ1n) is 7.42. The number of nitriles is 1. The molecule has 1 fully saturated rings. The fourth-order valence-corrected chi connectivity index (χ4v) is 2.66. The number of hydrogen-bond donors (Lipinski definition) is 0. The second kappa shape index (κ2) is 7.66. The van der Waals surface area contributed by atoms with Crippen LogP contribution in [-0.4, -0.2) is 39.5 Å². The van der Waals surface area contributed by atoms with E-state index in [9.17, 15) is 13.2 Å². The summed E-state index contributed by atoms with van der Waals surface area (Å²) in [5.74, 6) is 0. The maximum atomic E-state index is 13.2. The molecule has 1 aromatic rings. The molecule has 1 aliphatic heterocycles. The van der Waals surface area contributed by atoms with Crippen LogP contribution in [0.25, 0.3) is 0 Å². The topological polar surface area (TPSA) is 45.5 Å². The van der Waals surface area contributed by atoms with Crippen LogP contribution in [0.5, 0.6) is 0 Å². The van der Waals surface area contributed by atoms with Crippen LogP contribution < -0.4 is 4.90 Å². The molecule has 0 atom stereocenters. The zero-order chi connectivity index (χ0) is 16.9. The summed E-state index contributed by atoms with van der Waals surface area (Å²) in [4.78, 5) is 1.68. The van der Waals surface area contributed by atoms with Gasteiger partial charge in [-0.25, -0.2) is 0 Å². The highest BCUT2D eigenvalue weighted by molar-refractivity contribution is 5.59. The summed E-state index contributed by atoms with van der Waals surface area (Å²) in [7, 11) is 1.59. The smallest absolute Gasteiger partial charge is 0.382 e. The first kappa shape index (κ1) is 17.6. The van der Waals surface area contributed by atoms with Crippen molar-refractivity contribution < 1.29 is 22.6 Å². The molecule has 0 unspecified atom stereocenters. The van der Waals surface area contributed by atoms with Gasteiger partial charge in [-0.3, -0.25) is 0 Å². The molecule has 0 spiro atoms. The third kappa shape index (κ3) is 4.60. The van der Waals surface area contributed by atoms with Crippen molar-refractivity contribution in [3.8, 4) is 6.07 Å². The summed E-state index contributed by atoms with van der Waals surface area (Å²) in [6.07, 6.45) is -3.10. The van der Waals surface area contributed by atoms with Crippen LogP contribution >= 0.6 is 0 Å². The second-order valence-corrected chi connectivity index (χ2v) is 5.39. The van der Waals surface area contributed by atoms with Crippen LogP contribution in [0.4, 0.5) is 18.9 Å². The van der Waals surface area contributed by atoms with E-state index in [1.807, 2.05) is 6.07 Å². The molecule has 0 N–H and O–H groups in total. The fraction of sp³-hybridized carbons (Fsp3) is 0.562. The van der Waals surface area contributed by atoms with Gasteiger partial charge in [-0.2, -0.15) is 18.4 Å². The lowest BCUT2D eigenvalue weighted by molar-refractivity contribution is -0.137. The molecule has 0 radical (unpaired) electrons. The molecule has 1 aromatic carbocycles. The minimum absolute atomic E-state index is 0.0369. The predicted molar refractivity (Wildman–Crippen MR) is 79.2 cm³/mol. The van der Waals surface area contributed by atoms with Crippen molar-refractivity contribution in [1.82, 2.24) is 0 Å². The van der Waals surface area contributed by atoms with Crippen molar-refractivity contribution in [1.29, 1.82) is 5.26 Å². The molecule has 2 rings (SSSR count). The van der Waals surface area contributed by atoms with Crippen LogP contribution in [0.2, 0.25) is 0 Å². The van der Waals surface area contributed by atoms with Crippen LogP contribution in [-0.2, 0) is 15.7 Å². The number of anilines is 1. The molecule has 126 valence electrons. The van der Waals surface area contributed by atoms with E-state index in [4.69, 9.17) is 14.7 Å². The fourth-order valence-electron chi connectivity index (χ4n) is 2.66. The Labute approximate surface area is 133 Å². The molecule has 0 aromatic heterocycles. The van der Waals surface area contributed by atoms with E-state index in [1.165, 1.54) is 12.1 Å². The van der Waals surface area contributed by atoms with E-state index >= 15 is 0 Å². The highest BCUT2D eigenvalue weighted by Gasteiger charge is 2.35. The summed E-state index contributed by atoms with van der Waals surface area (Å²) in [5, 5.41) is 8.94. The Hall–Kier alpha value is -1.78. The van der Waals surface area contributed by atoms with Gasteiger partial charge in [0.15, 0.2) is 0 Å². The molecule has 1 aliphatic rings. The molecule has 0 aliphatic carbocycles. The third-order valence-electron chi connectivity index (χ3n) is 3.86. The Bertz CT molecular complexity index is 561. The molecule has 0 amide bonds. The highest BCUT2D eigenvalue weighted by atomic mass is 19.4. The molecular weight excluding hydrogens is 309 g/mol. The van der Waals surface area contributed by atoms with Gasteiger partial charge in [0.05, 0.1) is 42.2 Å². The van der Waals surface area contributed by atoms with E-state index in [2.05, 4.69) is 0 Å². The van der Waals surface area contributed by atoms with E-state index in [-0.39, 0.29) is 17.4 Å². The number of nitrogens with zero attached hydrogens (tertiary/aromatic N) is 2. The molecule has 7 heteroatoms. The SMILES string of the molecule is COCCOC1CCN(c2cc(C#N)ccc2C(F)(F)F)CC1. The standard InChI is InChI=1S/C16H19F3N2O2/c1-22-8-9-23-13-4-6-21(7-5-13)15-10-12(11-20)2-3-14(15)16(17,18)19/h2-3,10,13H,4-9H2,1H3. The predicted octanol–water partition coefficient (Wildman–Crippen LogP) is 3.21. The van der Waals surface area contributed by atoms with Gasteiger partial charge in [0.1, 0.15) is 0 Å². The molecule has 4 nitrogen and oxygen atoms in total. The first-order valence-corrected chi connectivity index (χ1v) is 7.42. The normalized spacial score (nSPS) is 16.4. The Kier molecular flexibility index (Phi) is 5.85. The lowest BCUT2D eigenvalue weighted by Gasteiger charge is -2.35.